The van der Waals surface area contributed by atoms with Crippen LogP contribution in [0.15, 0.2) is 48.5 Å². The summed E-state index contributed by atoms with van der Waals surface area (Å²) in [5.74, 6) is 0.251. The smallest absolute Gasteiger partial charge is 0.223 e. The highest BCUT2D eigenvalue weighted by Crippen LogP contribution is 2.36. The third-order valence-electron chi connectivity index (χ3n) is 4.53. The normalized spacial score (nSPS) is 17.0. The highest BCUT2D eigenvalue weighted by Gasteiger charge is 2.31. The van der Waals surface area contributed by atoms with Crippen LogP contribution in [0.25, 0.3) is 0 Å². The number of amides is 1. The molecule has 0 saturated heterocycles. The van der Waals surface area contributed by atoms with Crippen LogP contribution in [0.5, 0.6) is 0 Å². The van der Waals surface area contributed by atoms with Crippen molar-refractivity contribution in [3.8, 4) is 0 Å². The van der Waals surface area contributed by atoms with Gasteiger partial charge in [0.2, 0.25) is 5.91 Å². The quantitative estimate of drug-likeness (QED) is 0.773. The summed E-state index contributed by atoms with van der Waals surface area (Å²) < 4.78 is 0. The molecule has 3 heteroatoms. The predicted molar refractivity (Wildman–Crippen MR) is 94.7 cm³/mol. The van der Waals surface area contributed by atoms with E-state index in [1.54, 1.807) is 0 Å². The number of carbonyl (C=O) groups excluding carboxylic acids is 1. The molecule has 1 amide bonds. The lowest BCUT2D eigenvalue weighted by molar-refractivity contribution is -0.133. The summed E-state index contributed by atoms with van der Waals surface area (Å²) in [6.07, 6.45) is 3.55. The van der Waals surface area contributed by atoms with E-state index < -0.39 is 0 Å². The molecule has 0 radical (unpaired) electrons. The minimum Gasteiger partial charge on any atom is -0.331 e. The molecule has 2 aromatic carbocycles. The van der Waals surface area contributed by atoms with E-state index in [0.29, 0.717) is 6.42 Å². The second kappa shape index (κ2) is 7.18. The molecule has 1 aliphatic heterocycles. The van der Waals surface area contributed by atoms with Gasteiger partial charge in [-0.3, -0.25) is 4.79 Å². The molecular weight excluding hydrogens is 306 g/mol. The van der Waals surface area contributed by atoms with E-state index in [-0.39, 0.29) is 11.9 Å². The molecule has 1 aliphatic rings. The molecule has 3 rings (SSSR count). The Labute approximate surface area is 143 Å². The number of rotatable bonds is 4. The van der Waals surface area contributed by atoms with Crippen molar-refractivity contribution in [2.75, 3.05) is 6.54 Å². The van der Waals surface area contributed by atoms with Gasteiger partial charge in [0.25, 0.3) is 0 Å². The first-order valence-electron chi connectivity index (χ1n) is 8.33. The number of carbonyl (C=O) groups is 1. The number of hydrogen-bond acceptors (Lipinski definition) is 1. The third kappa shape index (κ3) is 3.42. The molecule has 120 valence electrons. The van der Waals surface area contributed by atoms with E-state index in [2.05, 4.69) is 31.2 Å². The van der Waals surface area contributed by atoms with Crippen molar-refractivity contribution in [2.24, 2.45) is 0 Å². The van der Waals surface area contributed by atoms with Crippen molar-refractivity contribution >= 4 is 17.5 Å². The molecule has 2 aromatic rings. The SMILES string of the molecule is CCCCC(=O)N1CCc2ccccc2[C@H]1c1ccc(Cl)cc1. The predicted octanol–water partition coefficient (Wildman–Crippen LogP) is 5.00. The minimum absolute atomic E-state index is 0.00146. The van der Waals surface area contributed by atoms with Crippen LogP contribution in [0, 0.1) is 0 Å². The van der Waals surface area contributed by atoms with E-state index in [4.69, 9.17) is 11.6 Å². The maximum absolute atomic E-state index is 12.7. The van der Waals surface area contributed by atoms with Crippen molar-refractivity contribution in [3.63, 3.8) is 0 Å². The van der Waals surface area contributed by atoms with E-state index in [9.17, 15) is 4.79 Å². The third-order valence-corrected chi connectivity index (χ3v) is 4.79. The number of halogens is 1. The Balaban J connectivity index is 1.99. The second-order valence-electron chi connectivity index (χ2n) is 6.09. The van der Waals surface area contributed by atoms with Gasteiger partial charge >= 0.3 is 0 Å². The molecule has 0 aliphatic carbocycles. The van der Waals surface area contributed by atoms with Crippen LogP contribution in [0.4, 0.5) is 0 Å². The van der Waals surface area contributed by atoms with Crippen molar-refractivity contribution < 1.29 is 4.79 Å². The highest BCUT2D eigenvalue weighted by molar-refractivity contribution is 6.30. The molecule has 2 nitrogen and oxygen atoms in total. The fraction of sp³-hybridized carbons (Fsp3) is 0.350. The summed E-state index contributed by atoms with van der Waals surface area (Å²) >= 11 is 6.04. The Hall–Kier alpha value is -1.80. The lowest BCUT2D eigenvalue weighted by atomic mass is 9.88. The van der Waals surface area contributed by atoms with Gasteiger partial charge in [0.1, 0.15) is 0 Å². The minimum atomic E-state index is 0.00146. The summed E-state index contributed by atoms with van der Waals surface area (Å²) in [7, 11) is 0. The molecule has 23 heavy (non-hydrogen) atoms. The van der Waals surface area contributed by atoms with E-state index >= 15 is 0 Å². The van der Waals surface area contributed by atoms with Gasteiger partial charge in [-0.15, -0.1) is 0 Å². The molecule has 0 spiro atoms. The van der Waals surface area contributed by atoms with Crippen molar-refractivity contribution in [3.05, 3.63) is 70.2 Å². The fourth-order valence-corrected chi connectivity index (χ4v) is 3.44. The summed E-state index contributed by atoms with van der Waals surface area (Å²) in [6, 6.07) is 16.3. The molecule has 0 saturated carbocycles. The zero-order chi connectivity index (χ0) is 16.2. The number of unbranched alkanes of at least 4 members (excludes halogenated alkanes) is 1. The molecule has 0 aromatic heterocycles. The number of nitrogens with zero attached hydrogens (tertiary/aromatic N) is 1. The number of fused-ring (bicyclic) bond motifs is 1. The van der Waals surface area contributed by atoms with Gasteiger partial charge in [0.15, 0.2) is 0 Å². The van der Waals surface area contributed by atoms with Crippen LogP contribution in [-0.2, 0) is 11.2 Å². The molecular formula is C20H22ClNO. The molecule has 1 atom stereocenters. The zero-order valence-corrected chi connectivity index (χ0v) is 14.2. The van der Waals surface area contributed by atoms with Crippen LogP contribution in [0.3, 0.4) is 0 Å². The molecule has 1 heterocycles. The van der Waals surface area contributed by atoms with Gasteiger partial charge < -0.3 is 4.90 Å². The topological polar surface area (TPSA) is 20.3 Å². The van der Waals surface area contributed by atoms with Gasteiger partial charge in [0, 0.05) is 18.0 Å². The van der Waals surface area contributed by atoms with Gasteiger partial charge in [0.05, 0.1) is 6.04 Å². The summed E-state index contributed by atoms with van der Waals surface area (Å²) in [6.45, 7) is 2.91. The van der Waals surface area contributed by atoms with Gasteiger partial charge in [-0.05, 0) is 41.7 Å². The van der Waals surface area contributed by atoms with E-state index in [0.717, 1.165) is 36.4 Å². The van der Waals surface area contributed by atoms with Crippen LogP contribution in [0.2, 0.25) is 5.02 Å². The second-order valence-corrected chi connectivity index (χ2v) is 6.53. The Morgan fingerprint density at radius 2 is 1.91 bits per heavy atom. The highest BCUT2D eigenvalue weighted by atomic mass is 35.5. The fourth-order valence-electron chi connectivity index (χ4n) is 3.31. The first-order valence-corrected chi connectivity index (χ1v) is 8.71. The zero-order valence-electron chi connectivity index (χ0n) is 13.5. The van der Waals surface area contributed by atoms with Crippen LogP contribution in [0.1, 0.15) is 48.9 Å². The van der Waals surface area contributed by atoms with Gasteiger partial charge in [-0.2, -0.15) is 0 Å². The number of hydrogen-bond donors (Lipinski definition) is 0. The Morgan fingerprint density at radius 1 is 1.17 bits per heavy atom. The first kappa shape index (κ1) is 16.1. The van der Waals surface area contributed by atoms with Crippen LogP contribution < -0.4 is 0 Å². The van der Waals surface area contributed by atoms with Crippen molar-refractivity contribution in [1.29, 1.82) is 0 Å². The van der Waals surface area contributed by atoms with E-state index in [1.165, 1.54) is 11.1 Å². The first-order chi connectivity index (χ1) is 11.2. The lowest BCUT2D eigenvalue weighted by Crippen LogP contribution is -2.40. The maximum atomic E-state index is 12.7. The maximum Gasteiger partial charge on any atom is 0.223 e. The molecule has 0 N–H and O–H groups in total. The molecule has 0 fully saturated rings. The average Bonchev–Trinajstić information content (AvgIpc) is 2.59. The largest absolute Gasteiger partial charge is 0.331 e. The van der Waals surface area contributed by atoms with Crippen LogP contribution in [-0.4, -0.2) is 17.4 Å². The van der Waals surface area contributed by atoms with E-state index in [1.807, 2.05) is 29.2 Å². The standard InChI is InChI=1S/C20H22ClNO/c1-2-3-8-19(23)22-14-13-15-6-4-5-7-18(15)20(22)16-9-11-17(21)12-10-16/h4-7,9-12,20H,2-3,8,13-14H2,1H3/t20-/m1/s1. The monoisotopic (exact) mass is 327 g/mol. The Bertz CT molecular complexity index is 680. The van der Waals surface area contributed by atoms with Gasteiger partial charge in [-0.1, -0.05) is 61.3 Å². The number of benzene rings is 2. The summed E-state index contributed by atoms with van der Waals surface area (Å²) in [4.78, 5) is 14.8. The Kier molecular flexibility index (Phi) is 5.02. The van der Waals surface area contributed by atoms with Crippen molar-refractivity contribution in [1.82, 2.24) is 4.90 Å². The lowest BCUT2D eigenvalue weighted by Gasteiger charge is -2.38. The van der Waals surface area contributed by atoms with Gasteiger partial charge in [-0.25, -0.2) is 0 Å². The summed E-state index contributed by atoms with van der Waals surface area (Å²) in [5, 5.41) is 0.724. The van der Waals surface area contributed by atoms with Crippen LogP contribution >= 0.6 is 11.6 Å². The average molecular weight is 328 g/mol. The summed E-state index contributed by atoms with van der Waals surface area (Å²) in [5.41, 5.74) is 3.71. The van der Waals surface area contributed by atoms with Crippen molar-refractivity contribution in [2.45, 2.75) is 38.6 Å². The Morgan fingerprint density at radius 3 is 2.65 bits per heavy atom. The molecule has 0 unspecified atom stereocenters. The molecule has 0 bridgehead atoms.